The summed E-state index contributed by atoms with van der Waals surface area (Å²) in [4.78, 5) is 59.5. The number of aryl methyl sites for hydroxylation is 1. The van der Waals surface area contributed by atoms with Gasteiger partial charge >= 0.3 is 6.09 Å². The maximum Gasteiger partial charge on any atom is 0.407 e. The number of aromatic nitrogens is 1. The molecule has 6 rings (SSSR count). The van der Waals surface area contributed by atoms with Crippen LogP contribution in [0.15, 0.2) is 78.3 Å². The van der Waals surface area contributed by atoms with Gasteiger partial charge in [0, 0.05) is 25.6 Å². The molecule has 1 aromatic heterocycles. The Hall–Kier alpha value is -5.15. The van der Waals surface area contributed by atoms with Crippen molar-refractivity contribution in [3.63, 3.8) is 0 Å². The number of carbonyl (C=O) groups is 4. The number of likely N-dealkylation sites (tertiary alicyclic amines) is 1. The van der Waals surface area contributed by atoms with Crippen LogP contribution in [0.1, 0.15) is 82.7 Å². The van der Waals surface area contributed by atoms with E-state index in [9.17, 15) is 19.2 Å². The number of aliphatic hydroxyl groups is 1. The van der Waals surface area contributed by atoms with E-state index >= 15 is 0 Å². The third kappa shape index (κ3) is 13.7. The molecule has 14 heteroatoms. The summed E-state index contributed by atoms with van der Waals surface area (Å²) in [7, 11) is 0. The molecule has 2 unspecified atom stereocenters. The zero-order chi connectivity index (χ0) is 44.2. The summed E-state index contributed by atoms with van der Waals surface area (Å²) in [5.74, 6) is -0.958. The summed E-state index contributed by atoms with van der Waals surface area (Å²) in [5, 5.41) is 17.1. The molecule has 0 spiro atoms. The van der Waals surface area contributed by atoms with Crippen LogP contribution in [0.3, 0.4) is 0 Å². The van der Waals surface area contributed by atoms with Crippen molar-refractivity contribution in [1.82, 2.24) is 25.8 Å². The predicted molar refractivity (Wildman–Crippen MR) is 237 cm³/mol. The third-order valence-corrected chi connectivity index (χ3v) is 11.1. The van der Waals surface area contributed by atoms with Crippen LogP contribution >= 0.6 is 11.3 Å². The van der Waals surface area contributed by atoms with Crippen LogP contribution in [0.2, 0.25) is 0 Å². The van der Waals surface area contributed by atoms with Gasteiger partial charge in [-0.05, 0) is 79.3 Å². The lowest BCUT2D eigenvalue weighted by molar-refractivity contribution is -0.144. The Morgan fingerprint density at radius 2 is 1.49 bits per heavy atom. The largest absolute Gasteiger partial charge is 0.449 e. The summed E-state index contributed by atoms with van der Waals surface area (Å²) >= 11 is 1.59. The van der Waals surface area contributed by atoms with Crippen LogP contribution < -0.4 is 16.0 Å². The molecule has 0 bridgehead atoms. The number of thiazole rings is 1. The average molecular weight is 856 g/mol. The second-order valence-electron chi connectivity index (χ2n) is 17.3. The van der Waals surface area contributed by atoms with Gasteiger partial charge in [0.15, 0.2) is 0 Å². The summed E-state index contributed by atoms with van der Waals surface area (Å²) < 4.78 is 16.6. The number of benzene rings is 3. The molecule has 61 heavy (non-hydrogen) atoms. The molecule has 4 aromatic rings. The van der Waals surface area contributed by atoms with E-state index in [2.05, 4.69) is 45.2 Å². The maximum absolute atomic E-state index is 13.9. The number of nitrogens with zero attached hydrogens (tertiary/aromatic N) is 2. The van der Waals surface area contributed by atoms with Gasteiger partial charge in [-0.15, -0.1) is 11.3 Å². The molecule has 0 saturated carbocycles. The SMILES string of the molecule is CC(C)(C)O.Cc1ncsc1-c1ccc(CNC(=O)C2CCCN2C(=O)C(NC(=O)COCCOCCNC(=O)OCC2c3ccccc3-c3ccccc32)C(C)(C)C)cc1. The Balaban J connectivity index is 0.00000133. The molecule has 13 nitrogen and oxygen atoms in total. The Kier molecular flexibility index (Phi) is 16.6. The van der Waals surface area contributed by atoms with E-state index in [-0.39, 0.29) is 57.3 Å². The van der Waals surface area contributed by atoms with Crippen LogP contribution in [0.25, 0.3) is 21.6 Å². The van der Waals surface area contributed by atoms with E-state index in [1.165, 1.54) is 11.1 Å². The van der Waals surface area contributed by atoms with Gasteiger partial charge < -0.3 is 40.2 Å². The number of ether oxygens (including phenoxy) is 3. The molecular formula is C47H61N5O8S. The smallest absolute Gasteiger partial charge is 0.407 e. The average Bonchev–Trinajstić information content (AvgIpc) is 3.96. The highest BCUT2D eigenvalue weighted by Gasteiger charge is 2.42. The molecular weight excluding hydrogens is 795 g/mol. The van der Waals surface area contributed by atoms with Crippen molar-refractivity contribution >= 4 is 35.2 Å². The second-order valence-corrected chi connectivity index (χ2v) is 18.2. The van der Waals surface area contributed by atoms with Crippen molar-refractivity contribution in [2.24, 2.45) is 5.41 Å². The van der Waals surface area contributed by atoms with Crippen molar-refractivity contribution in [1.29, 1.82) is 0 Å². The molecule has 1 saturated heterocycles. The van der Waals surface area contributed by atoms with E-state index in [4.69, 9.17) is 19.3 Å². The minimum absolute atomic E-state index is 0.0148. The summed E-state index contributed by atoms with van der Waals surface area (Å²) in [5.41, 5.74) is 8.37. The molecule has 1 aliphatic carbocycles. The van der Waals surface area contributed by atoms with E-state index in [0.29, 0.717) is 25.9 Å². The monoisotopic (exact) mass is 855 g/mol. The van der Waals surface area contributed by atoms with Gasteiger partial charge in [-0.3, -0.25) is 14.4 Å². The molecule has 0 radical (unpaired) electrons. The molecule has 4 amide bonds. The predicted octanol–water partition coefficient (Wildman–Crippen LogP) is 6.61. The van der Waals surface area contributed by atoms with Gasteiger partial charge in [0.25, 0.3) is 0 Å². The highest BCUT2D eigenvalue weighted by molar-refractivity contribution is 7.13. The summed E-state index contributed by atoms with van der Waals surface area (Å²) in [6.07, 6.45) is 0.731. The molecule has 1 aliphatic heterocycles. The standard InChI is InChI=1S/C43H51N5O7S.C4H10O/c1-28-38(56-27-46-28)30-17-15-29(16-18-30)24-45-40(50)36-14-9-20-48(36)41(51)39(43(2,3)4)47-37(49)26-54-23-22-53-21-19-44-42(52)55-25-35-33-12-7-5-10-31(33)32-11-6-8-13-34(32)35;1-4(2,3)5/h5-8,10-13,15-18,27,35-36,39H,9,14,19-26H2,1-4H3,(H,44,52)(H,45,50)(H,47,49);5H,1-3H3. The topological polar surface area (TPSA) is 168 Å². The van der Waals surface area contributed by atoms with Crippen molar-refractivity contribution in [3.05, 3.63) is 101 Å². The van der Waals surface area contributed by atoms with E-state index in [1.54, 1.807) is 37.0 Å². The van der Waals surface area contributed by atoms with Gasteiger partial charge in [0.1, 0.15) is 25.3 Å². The van der Waals surface area contributed by atoms with Crippen LogP contribution in [-0.4, -0.2) is 103 Å². The Bertz CT molecular complexity index is 2040. The normalized spacial score (nSPS) is 15.2. The second kappa shape index (κ2) is 21.6. The summed E-state index contributed by atoms with van der Waals surface area (Å²) in [6, 6.07) is 22.9. The fourth-order valence-electron chi connectivity index (χ4n) is 7.24. The Morgan fingerprint density at radius 1 is 0.869 bits per heavy atom. The number of nitrogens with one attached hydrogen (secondary N) is 3. The first-order valence-corrected chi connectivity index (χ1v) is 21.7. The number of hydrogen-bond acceptors (Lipinski definition) is 10. The van der Waals surface area contributed by atoms with Crippen molar-refractivity contribution in [2.75, 3.05) is 46.1 Å². The number of carbonyl (C=O) groups excluding carboxylic acids is 4. The molecule has 3 aromatic carbocycles. The van der Waals surface area contributed by atoms with E-state index in [1.807, 2.05) is 81.7 Å². The zero-order valence-corrected chi connectivity index (χ0v) is 37.2. The number of alkyl carbamates (subject to hydrolysis) is 1. The van der Waals surface area contributed by atoms with Gasteiger partial charge in [0.05, 0.1) is 41.5 Å². The zero-order valence-electron chi connectivity index (χ0n) is 36.4. The maximum atomic E-state index is 13.9. The van der Waals surface area contributed by atoms with E-state index < -0.39 is 35.1 Å². The van der Waals surface area contributed by atoms with Gasteiger partial charge in [-0.1, -0.05) is 93.6 Å². The highest BCUT2D eigenvalue weighted by Crippen LogP contribution is 2.44. The van der Waals surface area contributed by atoms with Gasteiger partial charge in [0.2, 0.25) is 17.7 Å². The minimum atomic E-state index is -0.852. The molecule has 2 heterocycles. The van der Waals surface area contributed by atoms with Crippen molar-refractivity contribution in [2.45, 2.75) is 91.5 Å². The van der Waals surface area contributed by atoms with Crippen LogP contribution in [0.5, 0.6) is 0 Å². The first kappa shape index (κ1) is 46.9. The molecule has 328 valence electrons. The lowest BCUT2D eigenvalue weighted by atomic mass is 9.85. The molecule has 1 fully saturated rings. The lowest BCUT2D eigenvalue weighted by Crippen LogP contribution is -2.58. The number of rotatable bonds is 16. The van der Waals surface area contributed by atoms with Crippen LogP contribution in [0, 0.1) is 12.3 Å². The highest BCUT2D eigenvalue weighted by atomic mass is 32.1. The fourth-order valence-corrected chi connectivity index (χ4v) is 8.05. The number of amides is 4. The fraction of sp³-hybridized carbons (Fsp3) is 0.468. The van der Waals surface area contributed by atoms with Crippen molar-refractivity contribution in [3.8, 4) is 21.6 Å². The first-order valence-electron chi connectivity index (χ1n) is 20.8. The number of fused-ring (bicyclic) bond motifs is 3. The van der Waals surface area contributed by atoms with Crippen molar-refractivity contribution < 1.29 is 38.5 Å². The van der Waals surface area contributed by atoms with Gasteiger partial charge in [-0.25, -0.2) is 9.78 Å². The van der Waals surface area contributed by atoms with Crippen LogP contribution in [0.4, 0.5) is 4.79 Å². The minimum Gasteiger partial charge on any atom is -0.449 e. The quantitative estimate of drug-likeness (QED) is 0.0908. The van der Waals surface area contributed by atoms with Gasteiger partial charge in [-0.2, -0.15) is 0 Å². The third-order valence-electron chi connectivity index (χ3n) is 10.1. The first-order chi connectivity index (χ1) is 29.0. The summed E-state index contributed by atoms with van der Waals surface area (Å²) in [6.45, 7) is 14.5. The molecule has 4 N–H and O–H groups in total. The Morgan fingerprint density at radius 3 is 2.10 bits per heavy atom. The van der Waals surface area contributed by atoms with E-state index in [0.717, 1.165) is 32.8 Å². The molecule has 2 atom stereocenters. The van der Waals surface area contributed by atoms with Crippen LogP contribution in [-0.2, 0) is 35.1 Å². The lowest BCUT2D eigenvalue weighted by Gasteiger charge is -2.35. The number of hydrogen-bond donors (Lipinski definition) is 4. The molecule has 2 aliphatic rings. The Labute approximate surface area is 363 Å².